The Morgan fingerprint density at radius 2 is 1.93 bits per heavy atom. The van der Waals surface area contributed by atoms with Crippen LogP contribution >= 0.6 is 11.8 Å². The Bertz CT molecular complexity index is 243. The van der Waals surface area contributed by atoms with Crippen molar-refractivity contribution in [1.29, 1.82) is 0 Å². The molecule has 0 saturated carbocycles. The number of hydrogen-bond acceptors (Lipinski definition) is 2. The molecule has 78 valence electrons. The Kier molecular flexibility index (Phi) is 5.53. The number of aryl methyl sites for hydroxylation is 1. The molecule has 14 heavy (non-hydrogen) atoms. The second kappa shape index (κ2) is 6.77. The van der Waals surface area contributed by atoms with E-state index >= 15 is 0 Å². The highest BCUT2D eigenvalue weighted by atomic mass is 32.2. The Balaban J connectivity index is 2.38. The lowest BCUT2D eigenvalue weighted by Gasteiger charge is -2.05. The third-order valence-electron chi connectivity index (χ3n) is 2.02. The minimum Gasteiger partial charge on any atom is -0.493 e. The molecule has 1 nitrogen and oxygen atoms in total. The summed E-state index contributed by atoms with van der Waals surface area (Å²) in [6.07, 6.45) is 4.45. The van der Waals surface area contributed by atoms with E-state index in [1.807, 2.05) is 11.8 Å². The number of rotatable bonds is 6. The first kappa shape index (κ1) is 11.4. The molecule has 0 unspecified atom stereocenters. The highest BCUT2D eigenvalue weighted by Crippen LogP contribution is 2.13. The van der Waals surface area contributed by atoms with Gasteiger partial charge in [-0.2, -0.15) is 11.8 Å². The summed E-state index contributed by atoms with van der Waals surface area (Å²) in [4.78, 5) is 0. The molecule has 0 aliphatic rings. The van der Waals surface area contributed by atoms with Crippen molar-refractivity contribution in [3.8, 4) is 5.75 Å². The fourth-order valence-electron chi connectivity index (χ4n) is 1.28. The van der Waals surface area contributed by atoms with E-state index in [2.05, 4.69) is 37.4 Å². The van der Waals surface area contributed by atoms with Gasteiger partial charge in [-0.3, -0.25) is 0 Å². The van der Waals surface area contributed by atoms with Gasteiger partial charge in [-0.15, -0.1) is 0 Å². The first-order valence-corrected chi connectivity index (χ1v) is 6.47. The highest BCUT2D eigenvalue weighted by Gasteiger charge is 1.94. The zero-order chi connectivity index (χ0) is 10.2. The Morgan fingerprint density at radius 3 is 2.50 bits per heavy atom. The van der Waals surface area contributed by atoms with Crippen molar-refractivity contribution in [1.82, 2.24) is 0 Å². The van der Waals surface area contributed by atoms with Crippen LogP contribution in [0.15, 0.2) is 24.3 Å². The van der Waals surface area contributed by atoms with Gasteiger partial charge in [-0.1, -0.05) is 25.5 Å². The molecule has 2 heteroatoms. The lowest BCUT2D eigenvalue weighted by atomic mass is 10.1. The van der Waals surface area contributed by atoms with Gasteiger partial charge in [0.15, 0.2) is 0 Å². The Labute approximate surface area is 90.9 Å². The van der Waals surface area contributed by atoms with Crippen molar-refractivity contribution in [3.05, 3.63) is 29.8 Å². The third kappa shape index (κ3) is 4.05. The molecule has 0 radical (unpaired) electrons. The third-order valence-corrected chi connectivity index (χ3v) is 2.59. The van der Waals surface area contributed by atoms with Crippen LogP contribution in [0.4, 0.5) is 0 Å². The van der Waals surface area contributed by atoms with Gasteiger partial charge in [-0.25, -0.2) is 0 Å². The average Bonchev–Trinajstić information content (AvgIpc) is 2.21. The summed E-state index contributed by atoms with van der Waals surface area (Å²) >= 11 is 1.81. The molecule has 0 N–H and O–H groups in total. The maximum Gasteiger partial charge on any atom is 0.119 e. The fraction of sp³-hybridized carbons (Fsp3) is 0.500. The summed E-state index contributed by atoms with van der Waals surface area (Å²) in [5.41, 5.74) is 1.39. The van der Waals surface area contributed by atoms with Gasteiger partial charge in [0.2, 0.25) is 0 Å². The zero-order valence-corrected chi connectivity index (χ0v) is 9.77. The van der Waals surface area contributed by atoms with E-state index < -0.39 is 0 Å². The summed E-state index contributed by atoms with van der Waals surface area (Å²) in [5.74, 6) is 2.04. The van der Waals surface area contributed by atoms with Gasteiger partial charge >= 0.3 is 0 Å². The van der Waals surface area contributed by atoms with Crippen LogP contribution < -0.4 is 4.74 Å². The molecule has 0 saturated heterocycles. The van der Waals surface area contributed by atoms with Gasteiger partial charge in [0, 0.05) is 5.75 Å². The Morgan fingerprint density at radius 1 is 1.21 bits per heavy atom. The quantitative estimate of drug-likeness (QED) is 0.666. The van der Waals surface area contributed by atoms with Crippen molar-refractivity contribution < 1.29 is 4.74 Å². The molecular formula is C12H18OS. The molecule has 0 heterocycles. The molecule has 0 bridgehead atoms. The standard InChI is InChI=1S/C12H18OS/c1-3-4-11-5-7-12(8-6-11)13-9-10-14-2/h5-8H,3-4,9-10H2,1-2H3. The van der Waals surface area contributed by atoms with E-state index in [-0.39, 0.29) is 0 Å². The van der Waals surface area contributed by atoms with E-state index in [0.29, 0.717) is 0 Å². The molecule has 0 spiro atoms. The van der Waals surface area contributed by atoms with Crippen molar-refractivity contribution >= 4 is 11.8 Å². The van der Waals surface area contributed by atoms with E-state index in [0.717, 1.165) is 24.5 Å². The van der Waals surface area contributed by atoms with Crippen LogP contribution in [0.2, 0.25) is 0 Å². The van der Waals surface area contributed by atoms with Gasteiger partial charge < -0.3 is 4.74 Å². The predicted molar refractivity (Wildman–Crippen MR) is 64.3 cm³/mol. The van der Waals surface area contributed by atoms with Crippen LogP contribution in [-0.2, 0) is 6.42 Å². The van der Waals surface area contributed by atoms with Gasteiger partial charge in [-0.05, 0) is 30.4 Å². The number of ether oxygens (including phenoxy) is 1. The van der Waals surface area contributed by atoms with Crippen LogP contribution in [0.5, 0.6) is 5.75 Å². The summed E-state index contributed by atoms with van der Waals surface area (Å²) in [6, 6.07) is 8.42. The summed E-state index contributed by atoms with van der Waals surface area (Å²) in [5, 5.41) is 0. The number of thioether (sulfide) groups is 1. The summed E-state index contributed by atoms with van der Waals surface area (Å²) in [7, 11) is 0. The van der Waals surface area contributed by atoms with Crippen LogP contribution in [0.1, 0.15) is 18.9 Å². The minimum atomic E-state index is 0.800. The van der Waals surface area contributed by atoms with Crippen LogP contribution in [0.25, 0.3) is 0 Å². The summed E-state index contributed by atoms with van der Waals surface area (Å²) < 4.78 is 5.56. The van der Waals surface area contributed by atoms with Crippen LogP contribution in [0, 0.1) is 0 Å². The second-order valence-corrected chi connectivity index (χ2v) is 4.22. The molecule has 1 aromatic rings. The molecule has 0 atom stereocenters. The monoisotopic (exact) mass is 210 g/mol. The van der Waals surface area contributed by atoms with E-state index in [1.54, 1.807) is 0 Å². The highest BCUT2D eigenvalue weighted by molar-refractivity contribution is 7.98. The molecule has 0 fully saturated rings. The first-order valence-electron chi connectivity index (χ1n) is 5.07. The van der Waals surface area contributed by atoms with Crippen LogP contribution in [0.3, 0.4) is 0 Å². The molecule has 0 amide bonds. The normalized spacial score (nSPS) is 10.1. The van der Waals surface area contributed by atoms with E-state index in [1.165, 1.54) is 12.0 Å². The lowest BCUT2D eigenvalue weighted by molar-refractivity contribution is 0.344. The first-order chi connectivity index (χ1) is 6.86. The predicted octanol–water partition coefficient (Wildman–Crippen LogP) is 3.38. The smallest absolute Gasteiger partial charge is 0.119 e. The second-order valence-electron chi connectivity index (χ2n) is 3.24. The van der Waals surface area contributed by atoms with Crippen molar-refractivity contribution in [2.24, 2.45) is 0 Å². The minimum absolute atomic E-state index is 0.800. The van der Waals surface area contributed by atoms with Gasteiger partial charge in [0.1, 0.15) is 5.75 Å². The Hall–Kier alpha value is -0.630. The van der Waals surface area contributed by atoms with Gasteiger partial charge in [0.05, 0.1) is 6.61 Å². The molecule has 1 aromatic carbocycles. The fourth-order valence-corrected chi connectivity index (χ4v) is 1.53. The van der Waals surface area contributed by atoms with Gasteiger partial charge in [0.25, 0.3) is 0 Å². The lowest BCUT2D eigenvalue weighted by Crippen LogP contribution is -1.99. The van der Waals surface area contributed by atoms with E-state index in [4.69, 9.17) is 4.74 Å². The topological polar surface area (TPSA) is 9.23 Å². The maximum absolute atomic E-state index is 5.56. The van der Waals surface area contributed by atoms with Crippen molar-refractivity contribution in [2.45, 2.75) is 19.8 Å². The van der Waals surface area contributed by atoms with Crippen molar-refractivity contribution in [3.63, 3.8) is 0 Å². The molecular weight excluding hydrogens is 192 g/mol. The molecule has 1 rings (SSSR count). The molecule has 0 aliphatic carbocycles. The van der Waals surface area contributed by atoms with E-state index in [9.17, 15) is 0 Å². The average molecular weight is 210 g/mol. The zero-order valence-electron chi connectivity index (χ0n) is 8.95. The SMILES string of the molecule is CCCc1ccc(OCCSC)cc1. The van der Waals surface area contributed by atoms with Crippen molar-refractivity contribution in [2.75, 3.05) is 18.6 Å². The number of benzene rings is 1. The summed E-state index contributed by atoms with van der Waals surface area (Å²) in [6.45, 7) is 3.00. The van der Waals surface area contributed by atoms with Crippen LogP contribution in [-0.4, -0.2) is 18.6 Å². The largest absolute Gasteiger partial charge is 0.493 e. The molecule has 0 aliphatic heterocycles. The molecule has 0 aromatic heterocycles. The number of hydrogen-bond donors (Lipinski definition) is 0. The maximum atomic E-state index is 5.56.